The van der Waals surface area contributed by atoms with Crippen molar-refractivity contribution in [1.82, 2.24) is 14.7 Å². The highest BCUT2D eigenvalue weighted by Gasteiger charge is 2.21. The third kappa shape index (κ3) is 2.72. The maximum Gasteiger partial charge on any atom is 0.339 e. The molecular formula is C13H21N3O2. The predicted molar refractivity (Wildman–Crippen MR) is 68.5 cm³/mol. The SMILES string of the molecule is CCC1CCN(Cc2c(C(=O)O)cnn2C)CC1. The highest BCUT2D eigenvalue weighted by molar-refractivity contribution is 5.88. The van der Waals surface area contributed by atoms with Crippen LogP contribution in [0.2, 0.25) is 0 Å². The first-order chi connectivity index (χ1) is 8.61. The number of aromatic nitrogens is 2. The standard InChI is InChI=1S/C13H21N3O2/c1-3-10-4-6-16(7-5-10)9-12-11(13(17)18)8-14-15(12)2/h8,10H,3-7,9H2,1-2H3,(H,17,18). The van der Waals surface area contributed by atoms with Crippen LogP contribution in [0, 0.1) is 5.92 Å². The monoisotopic (exact) mass is 251 g/mol. The van der Waals surface area contributed by atoms with E-state index in [9.17, 15) is 4.79 Å². The highest BCUT2D eigenvalue weighted by Crippen LogP contribution is 2.22. The van der Waals surface area contributed by atoms with E-state index in [1.807, 2.05) is 0 Å². The molecule has 1 aromatic rings. The van der Waals surface area contributed by atoms with E-state index in [0.29, 0.717) is 12.1 Å². The molecule has 1 aliphatic heterocycles. The van der Waals surface area contributed by atoms with Gasteiger partial charge in [0.05, 0.1) is 11.9 Å². The number of rotatable bonds is 4. The second-order valence-electron chi connectivity index (χ2n) is 5.06. The molecule has 100 valence electrons. The van der Waals surface area contributed by atoms with Gasteiger partial charge in [-0.2, -0.15) is 5.10 Å². The second kappa shape index (κ2) is 5.52. The molecule has 5 heteroatoms. The lowest BCUT2D eigenvalue weighted by Crippen LogP contribution is -2.34. The van der Waals surface area contributed by atoms with Crippen molar-refractivity contribution in [3.05, 3.63) is 17.5 Å². The summed E-state index contributed by atoms with van der Waals surface area (Å²) in [6.45, 7) is 5.05. The number of hydrogen-bond donors (Lipinski definition) is 1. The zero-order valence-corrected chi connectivity index (χ0v) is 11.1. The van der Waals surface area contributed by atoms with E-state index in [0.717, 1.165) is 24.7 Å². The molecule has 1 saturated heterocycles. The summed E-state index contributed by atoms with van der Waals surface area (Å²) in [5.74, 6) is -0.0479. The van der Waals surface area contributed by atoms with Gasteiger partial charge in [-0.05, 0) is 31.8 Å². The van der Waals surface area contributed by atoms with Crippen molar-refractivity contribution < 1.29 is 9.90 Å². The molecule has 5 nitrogen and oxygen atoms in total. The Kier molecular flexibility index (Phi) is 4.01. The Morgan fingerprint density at radius 3 is 2.72 bits per heavy atom. The van der Waals surface area contributed by atoms with Crippen molar-refractivity contribution in [2.24, 2.45) is 13.0 Å². The summed E-state index contributed by atoms with van der Waals surface area (Å²) >= 11 is 0. The first kappa shape index (κ1) is 13.1. The van der Waals surface area contributed by atoms with Gasteiger partial charge in [-0.3, -0.25) is 9.58 Å². The zero-order chi connectivity index (χ0) is 13.1. The van der Waals surface area contributed by atoms with Crippen molar-refractivity contribution in [3.63, 3.8) is 0 Å². The average Bonchev–Trinajstić information content (AvgIpc) is 2.72. The minimum atomic E-state index is -0.887. The number of piperidine rings is 1. The van der Waals surface area contributed by atoms with Gasteiger partial charge in [-0.25, -0.2) is 4.79 Å². The molecule has 0 radical (unpaired) electrons. The van der Waals surface area contributed by atoms with Crippen LogP contribution in [0.25, 0.3) is 0 Å². The molecule has 0 unspecified atom stereocenters. The van der Waals surface area contributed by atoms with Crippen LogP contribution in [0.5, 0.6) is 0 Å². The lowest BCUT2D eigenvalue weighted by atomic mass is 9.94. The van der Waals surface area contributed by atoms with Crippen molar-refractivity contribution in [3.8, 4) is 0 Å². The molecule has 0 saturated carbocycles. The van der Waals surface area contributed by atoms with Crippen LogP contribution in [0.15, 0.2) is 6.20 Å². The van der Waals surface area contributed by atoms with Gasteiger partial charge in [0.2, 0.25) is 0 Å². The van der Waals surface area contributed by atoms with Gasteiger partial charge in [0, 0.05) is 13.6 Å². The number of aromatic carboxylic acids is 1. The molecule has 1 aromatic heterocycles. The summed E-state index contributed by atoms with van der Waals surface area (Å²) < 4.78 is 1.68. The predicted octanol–water partition coefficient (Wildman–Crippen LogP) is 1.74. The van der Waals surface area contributed by atoms with E-state index < -0.39 is 5.97 Å². The molecule has 1 N–H and O–H groups in total. The fraction of sp³-hybridized carbons (Fsp3) is 0.692. The maximum atomic E-state index is 11.1. The first-order valence-electron chi connectivity index (χ1n) is 6.58. The summed E-state index contributed by atoms with van der Waals surface area (Å²) in [5, 5.41) is 13.2. The Bertz CT molecular complexity index is 420. The largest absolute Gasteiger partial charge is 0.478 e. The van der Waals surface area contributed by atoms with Gasteiger partial charge >= 0.3 is 5.97 Å². The highest BCUT2D eigenvalue weighted by atomic mass is 16.4. The van der Waals surface area contributed by atoms with E-state index in [1.54, 1.807) is 11.7 Å². The van der Waals surface area contributed by atoms with Crippen LogP contribution in [0.1, 0.15) is 42.2 Å². The first-order valence-corrected chi connectivity index (χ1v) is 6.58. The number of nitrogens with zero attached hydrogens (tertiary/aromatic N) is 3. The van der Waals surface area contributed by atoms with E-state index in [1.165, 1.54) is 25.5 Å². The van der Waals surface area contributed by atoms with E-state index in [-0.39, 0.29) is 0 Å². The van der Waals surface area contributed by atoms with E-state index >= 15 is 0 Å². The third-order valence-electron chi connectivity index (χ3n) is 3.95. The Balaban J connectivity index is 2.02. The van der Waals surface area contributed by atoms with Crippen molar-refractivity contribution in [2.45, 2.75) is 32.7 Å². The Labute approximate surface area is 107 Å². The summed E-state index contributed by atoms with van der Waals surface area (Å²) in [6.07, 6.45) is 5.13. The molecule has 0 aromatic carbocycles. The van der Waals surface area contributed by atoms with Crippen LogP contribution in [-0.4, -0.2) is 38.8 Å². The number of carboxylic acids is 1. The zero-order valence-electron chi connectivity index (χ0n) is 11.1. The van der Waals surface area contributed by atoms with E-state index in [2.05, 4.69) is 16.9 Å². The van der Waals surface area contributed by atoms with Crippen LogP contribution in [0.3, 0.4) is 0 Å². The number of likely N-dealkylation sites (tertiary alicyclic amines) is 1. The lowest BCUT2D eigenvalue weighted by Gasteiger charge is -2.31. The van der Waals surface area contributed by atoms with Crippen LogP contribution in [0.4, 0.5) is 0 Å². The molecule has 2 rings (SSSR count). The van der Waals surface area contributed by atoms with Crippen molar-refractivity contribution in [1.29, 1.82) is 0 Å². The summed E-state index contributed by atoms with van der Waals surface area (Å²) in [5.41, 5.74) is 1.13. The van der Waals surface area contributed by atoms with Crippen molar-refractivity contribution in [2.75, 3.05) is 13.1 Å². The molecule has 1 aliphatic rings. The van der Waals surface area contributed by atoms with Crippen molar-refractivity contribution >= 4 is 5.97 Å². The van der Waals surface area contributed by atoms with Crippen LogP contribution >= 0.6 is 0 Å². The Hall–Kier alpha value is -1.36. The molecular weight excluding hydrogens is 230 g/mol. The van der Waals surface area contributed by atoms with Gasteiger partial charge in [0.15, 0.2) is 0 Å². The summed E-state index contributed by atoms with van der Waals surface area (Å²) in [6, 6.07) is 0. The third-order valence-corrected chi connectivity index (χ3v) is 3.95. The second-order valence-corrected chi connectivity index (χ2v) is 5.06. The number of carbonyl (C=O) groups is 1. The minimum absolute atomic E-state index is 0.329. The molecule has 0 bridgehead atoms. The minimum Gasteiger partial charge on any atom is -0.478 e. The molecule has 18 heavy (non-hydrogen) atoms. The van der Waals surface area contributed by atoms with Gasteiger partial charge in [0.25, 0.3) is 0 Å². The maximum absolute atomic E-state index is 11.1. The van der Waals surface area contributed by atoms with Crippen LogP contribution in [-0.2, 0) is 13.6 Å². The van der Waals surface area contributed by atoms with Gasteiger partial charge in [-0.15, -0.1) is 0 Å². The summed E-state index contributed by atoms with van der Waals surface area (Å²) in [4.78, 5) is 13.4. The topological polar surface area (TPSA) is 58.4 Å². The van der Waals surface area contributed by atoms with E-state index in [4.69, 9.17) is 5.11 Å². The average molecular weight is 251 g/mol. The number of aryl methyl sites for hydroxylation is 1. The molecule has 0 amide bonds. The fourth-order valence-electron chi connectivity index (χ4n) is 2.59. The van der Waals surface area contributed by atoms with Crippen LogP contribution < -0.4 is 0 Å². The molecule has 0 aliphatic carbocycles. The van der Waals surface area contributed by atoms with Gasteiger partial charge in [0.1, 0.15) is 5.56 Å². The van der Waals surface area contributed by atoms with Gasteiger partial charge < -0.3 is 5.11 Å². The fourth-order valence-corrected chi connectivity index (χ4v) is 2.59. The molecule has 0 spiro atoms. The Morgan fingerprint density at radius 1 is 1.50 bits per heavy atom. The lowest BCUT2D eigenvalue weighted by molar-refractivity contribution is 0.0693. The molecule has 1 fully saturated rings. The number of carboxylic acid groups (broad SMARTS) is 1. The normalized spacial score (nSPS) is 18.1. The number of hydrogen-bond acceptors (Lipinski definition) is 3. The molecule has 0 atom stereocenters. The Morgan fingerprint density at radius 2 is 2.17 bits per heavy atom. The summed E-state index contributed by atoms with van der Waals surface area (Å²) in [7, 11) is 1.81. The quantitative estimate of drug-likeness (QED) is 0.885. The smallest absolute Gasteiger partial charge is 0.339 e. The van der Waals surface area contributed by atoms with Gasteiger partial charge in [-0.1, -0.05) is 13.3 Å². The molecule has 2 heterocycles.